The molecule has 0 aliphatic carbocycles. The summed E-state index contributed by atoms with van der Waals surface area (Å²) in [4.78, 5) is 0. The first kappa shape index (κ1) is 13.7. The van der Waals surface area contributed by atoms with Crippen LogP contribution in [0, 0.1) is 6.92 Å². The van der Waals surface area contributed by atoms with Crippen molar-refractivity contribution in [2.75, 3.05) is 12.3 Å². The summed E-state index contributed by atoms with van der Waals surface area (Å²) in [6, 6.07) is 14.5. The number of aliphatic hydroxyl groups excluding tert-OH is 1. The van der Waals surface area contributed by atoms with Crippen LogP contribution in [0.3, 0.4) is 0 Å². The molecule has 0 saturated heterocycles. The number of para-hydroxylation sites is 1. The Bertz CT molecular complexity index is 789. The molecule has 1 atom stereocenters. The quantitative estimate of drug-likeness (QED) is 0.718. The molecule has 0 amide bonds. The third-order valence-electron chi connectivity index (χ3n) is 4.12. The molecule has 3 nitrogen and oxygen atoms in total. The summed E-state index contributed by atoms with van der Waals surface area (Å²) in [6.07, 6.45) is 2.03. The smallest absolute Gasteiger partial charge is 0.0636 e. The fraction of sp³-hybridized carbons (Fsp3) is 0.222. The van der Waals surface area contributed by atoms with Crippen LogP contribution < -0.4 is 5.73 Å². The fourth-order valence-electron chi connectivity index (χ4n) is 2.81. The third-order valence-corrected chi connectivity index (χ3v) is 4.12. The molecular weight excluding hydrogens is 260 g/mol. The van der Waals surface area contributed by atoms with Crippen LogP contribution in [0.15, 0.2) is 48.7 Å². The van der Waals surface area contributed by atoms with Gasteiger partial charge in [-0.15, -0.1) is 0 Å². The molecule has 0 fully saturated rings. The van der Waals surface area contributed by atoms with E-state index >= 15 is 0 Å². The molecule has 0 unspecified atom stereocenters. The minimum absolute atomic E-state index is 0.0626. The fourth-order valence-corrected chi connectivity index (χ4v) is 2.81. The number of hydrogen-bond acceptors (Lipinski definition) is 2. The number of aryl methyl sites for hydroxylation is 1. The Balaban J connectivity index is 2.25. The van der Waals surface area contributed by atoms with E-state index in [9.17, 15) is 5.11 Å². The average molecular weight is 280 g/mol. The van der Waals surface area contributed by atoms with Gasteiger partial charge in [-0.1, -0.05) is 30.3 Å². The monoisotopic (exact) mass is 280 g/mol. The number of nitrogens with two attached hydrogens (primary N) is 1. The molecule has 0 spiro atoms. The molecule has 108 valence electrons. The summed E-state index contributed by atoms with van der Waals surface area (Å²) < 4.78 is 2.10. The highest BCUT2D eigenvalue weighted by Gasteiger charge is 2.12. The zero-order valence-corrected chi connectivity index (χ0v) is 12.4. The number of anilines is 1. The van der Waals surface area contributed by atoms with E-state index in [0.717, 1.165) is 33.3 Å². The van der Waals surface area contributed by atoms with E-state index in [1.165, 1.54) is 0 Å². The van der Waals surface area contributed by atoms with Crippen LogP contribution >= 0.6 is 0 Å². The van der Waals surface area contributed by atoms with Crippen molar-refractivity contribution in [1.29, 1.82) is 0 Å². The normalized spacial score (nSPS) is 12.7. The summed E-state index contributed by atoms with van der Waals surface area (Å²) in [5.74, 6) is 0. The Hall–Kier alpha value is -2.26. The summed E-state index contributed by atoms with van der Waals surface area (Å²) in [7, 11) is 0. The van der Waals surface area contributed by atoms with E-state index in [0.29, 0.717) is 0 Å². The van der Waals surface area contributed by atoms with Crippen molar-refractivity contribution in [1.82, 2.24) is 4.57 Å². The number of fused-ring (bicyclic) bond motifs is 1. The number of rotatable bonds is 3. The number of hydrogen-bond donors (Lipinski definition) is 2. The van der Waals surface area contributed by atoms with Gasteiger partial charge in [-0.3, -0.25) is 0 Å². The molecule has 3 N–H and O–H groups in total. The largest absolute Gasteiger partial charge is 0.398 e. The predicted molar refractivity (Wildman–Crippen MR) is 88.3 cm³/mol. The van der Waals surface area contributed by atoms with E-state index in [4.69, 9.17) is 5.73 Å². The zero-order chi connectivity index (χ0) is 15.0. The first-order valence-electron chi connectivity index (χ1n) is 7.19. The number of aromatic nitrogens is 1. The van der Waals surface area contributed by atoms with Crippen molar-refractivity contribution < 1.29 is 5.11 Å². The molecule has 21 heavy (non-hydrogen) atoms. The Morgan fingerprint density at radius 2 is 1.81 bits per heavy atom. The average Bonchev–Trinajstić information content (AvgIpc) is 2.93. The van der Waals surface area contributed by atoms with E-state index in [2.05, 4.69) is 28.8 Å². The summed E-state index contributed by atoms with van der Waals surface area (Å²) in [5, 5.41) is 10.6. The van der Waals surface area contributed by atoms with Crippen LogP contribution in [0.5, 0.6) is 0 Å². The second kappa shape index (κ2) is 5.26. The van der Waals surface area contributed by atoms with Crippen LogP contribution in [0.2, 0.25) is 0 Å². The van der Waals surface area contributed by atoms with E-state index in [1.54, 1.807) is 0 Å². The lowest BCUT2D eigenvalue weighted by molar-refractivity contribution is 0.241. The van der Waals surface area contributed by atoms with Crippen LogP contribution in [0.1, 0.15) is 18.5 Å². The van der Waals surface area contributed by atoms with Crippen molar-refractivity contribution in [2.45, 2.75) is 19.9 Å². The first-order chi connectivity index (χ1) is 10.1. The lowest BCUT2D eigenvalue weighted by atomic mass is 9.98. The van der Waals surface area contributed by atoms with Crippen molar-refractivity contribution >= 4 is 16.6 Å². The van der Waals surface area contributed by atoms with E-state index in [-0.39, 0.29) is 12.6 Å². The molecule has 1 aromatic heterocycles. The van der Waals surface area contributed by atoms with Crippen molar-refractivity contribution in [3.63, 3.8) is 0 Å². The lowest BCUT2D eigenvalue weighted by Gasteiger charge is -2.14. The number of nitrogens with zero attached hydrogens (tertiary/aromatic N) is 1. The van der Waals surface area contributed by atoms with E-state index in [1.807, 2.05) is 38.2 Å². The molecule has 0 saturated carbocycles. The molecular formula is C18H20N2O. The Labute approximate surface area is 124 Å². The Kier molecular flexibility index (Phi) is 3.43. The van der Waals surface area contributed by atoms with Gasteiger partial charge in [0.05, 0.1) is 12.6 Å². The molecule has 2 aromatic carbocycles. The van der Waals surface area contributed by atoms with Gasteiger partial charge in [-0.25, -0.2) is 0 Å². The molecule has 1 heterocycles. The lowest BCUT2D eigenvalue weighted by Crippen LogP contribution is -2.07. The van der Waals surface area contributed by atoms with Crippen LogP contribution in [-0.2, 0) is 0 Å². The molecule has 3 heteroatoms. The highest BCUT2D eigenvalue weighted by Crippen LogP contribution is 2.35. The summed E-state index contributed by atoms with van der Waals surface area (Å²) >= 11 is 0. The Morgan fingerprint density at radius 1 is 1.10 bits per heavy atom. The van der Waals surface area contributed by atoms with Gasteiger partial charge in [0.2, 0.25) is 0 Å². The van der Waals surface area contributed by atoms with Gasteiger partial charge >= 0.3 is 0 Å². The molecule has 3 aromatic rings. The second-order valence-electron chi connectivity index (χ2n) is 5.53. The molecule has 0 aliphatic rings. The number of aliphatic hydroxyl groups is 1. The van der Waals surface area contributed by atoms with Crippen molar-refractivity contribution in [2.24, 2.45) is 0 Å². The summed E-state index contributed by atoms with van der Waals surface area (Å²) in [6.45, 7) is 4.16. The second-order valence-corrected chi connectivity index (χ2v) is 5.53. The predicted octanol–water partition coefficient (Wildman–Crippen LogP) is 3.75. The van der Waals surface area contributed by atoms with Crippen molar-refractivity contribution in [3.05, 3.63) is 54.2 Å². The minimum Gasteiger partial charge on any atom is -0.398 e. The highest BCUT2D eigenvalue weighted by molar-refractivity contribution is 5.98. The third kappa shape index (κ3) is 2.20. The maximum absolute atomic E-state index is 9.39. The number of benzene rings is 2. The molecule has 0 aliphatic heterocycles. The minimum atomic E-state index is 0.0626. The first-order valence-corrected chi connectivity index (χ1v) is 7.19. The zero-order valence-electron chi connectivity index (χ0n) is 12.4. The van der Waals surface area contributed by atoms with Crippen molar-refractivity contribution in [3.8, 4) is 11.1 Å². The molecule has 0 bridgehead atoms. The number of nitrogen functional groups attached to an aromatic ring is 1. The van der Waals surface area contributed by atoms with Crippen LogP contribution in [0.25, 0.3) is 22.0 Å². The van der Waals surface area contributed by atoms with Gasteiger partial charge in [-0.05, 0) is 37.1 Å². The van der Waals surface area contributed by atoms with Gasteiger partial charge < -0.3 is 15.4 Å². The van der Waals surface area contributed by atoms with E-state index < -0.39 is 0 Å². The maximum atomic E-state index is 9.39. The van der Waals surface area contributed by atoms with Crippen LogP contribution in [-0.4, -0.2) is 16.3 Å². The maximum Gasteiger partial charge on any atom is 0.0636 e. The van der Waals surface area contributed by atoms with Crippen LogP contribution in [0.4, 0.5) is 5.69 Å². The van der Waals surface area contributed by atoms with Gasteiger partial charge in [0.25, 0.3) is 0 Å². The molecule has 0 radical (unpaired) electrons. The Morgan fingerprint density at radius 3 is 2.57 bits per heavy atom. The summed E-state index contributed by atoms with van der Waals surface area (Å²) in [5.41, 5.74) is 11.5. The van der Waals surface area contributed by atoms with Gasteiger partial charge in [0, 0.05) is 28.4 Å². The van der Waals surface area contributed by atoms with Gasteiger partial charge in [0.15, 0.2) is 0 Å². The van der Waals surface area contributed by atoms with Gasteiger partial charge in [0.1, 0.15) is 0 Å². The topological polar surface area (TPSA) is 51.2 Å². The highest BCUT2D eigenvalue weighted by atomic mass is 16.3. The SMILES string of the molecule is Cc1cccc(-c2cccc3c2ccn3[C@H](C)CO)c1N. The standard InChI is InChI=1S/C18H20N2O/c1-12-5-3-7-16(18(12)19)14-6-4-8-17-15(14)9-10-20(17)13(2)11-21/h3-10,13,21H,11,19H2,1-2H3/t13-/m1/s1. The molecule has 3 rings (SSSR count). The van der Waals surface area contributed by atoms with Gasteiger partial charge in [-0.2, -0.15) is 0 Å².